The smallest absolute Gasteiger partial charge is 0.254 e. The van der Waals surface area contributed by atoms with Crippen molar-refractivity contribution in [3.63, 3.8) is 0 Å². The number of fused-ring (bicyclic) bond motifs is 3. The summed E-state index contributed by atoms with van der Waals surface area (Å²) in [5, 5.41) is 1.18. The zero-order valence-corrected chi connectivity index (χ0v) is 15.4. The molecule has 4 heteroatoms. The number of carbonyl (C=O) groups excluding carboxylic acids is 1. The third-order valence-corrected chi connectivity index (χ3v) is 5.20. The Kier molecular flexibility index (Phi) is 3.87. The number of hydrogen-bond donors (Lipinski definition) is 1. The van der Waals surface area contributed by atoms with E-state index in [4.69, 9.17) is 0 Å². The molecular weight excluding hydrogens is 327 g/mol. The molecule has 26 heavy (non-hydrogen) atoms. The van der Waals surface area contributed by atoms with Gasteiger partial charge < -0.3 is 9.88 Å². The first kappa shape index (κ1) is 16.8. The average molecular weight is 350 g/mol. The molecule has 0 saturated carbocycles. The van der Waals surface area contributed by atoms with E-state index >= 15 is 0 Å². The molecule has 0 radical (unpaired) electrons. The fraction of sp³-hybridized carbons (Fsp3) is 0.318. The molecule has 0 fully saturated rings. The summed E-state index contributed by atoms with van der Waals surface area (Å²) < 4.78 is 13.5. The number of aromatic nitrogens is 1. The van der Waals surface area contributed by atoms with Crippen molar-refractivity contribution in [1.29, 1.82) is 0 Å². The second-order valence-corrected chi connectivity index (χ2v) is 8.08. The van der Waals surface area contributed by atoms with Crippen molar-refractivity contribution < 1.29 is 9.18 Å². The number of rotatable bonds is 1. The van der Waals surface area contributed by atoms with Gasteiger partial charge in [-0.1, -0.05) is 32.9 Å². The molecule has 0 atom stereocenters. The van der Waals surface area contributed by atoms with Crippen LogP contribution in [0.5, 0.6) is 0 Å². The Hall–Kier alpha value is -2.62. The largest absolute Gasteiger partial charge is 0.358 e. The number of nitrogens with zero attached hydrogens (tertiary/aromatic N) is 1. The van der Waals surface area contributed by atoms with Crippen LogP contribution in [-0.4, -0.2) is 22.3 Å². The van der Waals surface area contributed by atoms with Crippen LogP contribution in [0.4, 0.5) is 4.39 Å². The van der Waals surface area contributed by atoms with Crippen molar-refractivity contribution >= 4 is 16.8 Å². The van der Waals surface area contributed by atoms with Gasteiger partial charge in [-0.15, -0.1) is 0 Å². The predicted molar refractivity (Wildman–Crippen MR) is 102 cm³/mol. The third-order valence-electron chi connectivity index (χ3n) is 5.20. The van der Waals surface area contributed by atoms with Crippen LogP contribution in [-0.2, 0) is 18.4 Å². The van der Waals surface area contributed by atoms with Gasteiger partial charge in [-0.05, 0) is 41.3 Å². The van der Waals surface area contributed by atoms with E-state index in [1.807, 2.05) is 4.90 Å². The molecule has 2 heterocycles. The van der Waals surface area contributed by atoms with Gasteiger partial charge in [-0.25, -0.2) is 4.39 Å². The zero-order valence-electron chi connectivity index (χ0n) is 15.4. The SMILES string of the molecule is CC(C)(C)c1ccc2[nH]c3c(c2c1)CN(C(=O)c1cccc(F)c1)CC3. The van der Waals surface area contributed by atoms with Crippen LogP contribution in [0.2, 0.25) is 0 Å². The Morgan fingerprint density at radius 3 is 2.69 bits per heavy atom. The van der Waals surface area contributed by atoms with Crippen LogP contribution < -0.4 is 0 Å². The first-order valence-corrected chi connectivity index (χ1v) is 9.02. The molecule has 3 nitrogen and oxygen atoms in total. The lowest BCUT2D eigenvalue weighted by Crippen LogP contribution is -2.35. The van der Waals surface area contributed by atoms with E-state index in [1.165, 1.54) is 34.3 Å². The summed E-state index contributed by atoms with van der Waals surface area (Å²) in [6, 6.07) is 12.5. The number of aromatic amines is 1. The molecule has 4 rings (SSSR count). The second-order valence-electron chi connectivity index (χ2n) is 8.08. The Bertz CT molecular complexity index is 997. The Balaban J connectivity index is 1.70. The highest BCUT2D eigenvalue weighted by Crippen LogP contribution is 2.32. The maximum Gasteiger partial charge on any atom is 0.254 e. The monoisotopic (exact) mass is 350 g/mol. The maximum atomic E-state index is 13.5. The Morgan fingerprint density at radius 1 is 1.15 bits per heavy atom. The minimum absolute atomic E-state index is 0.0735. The predicted octanol–water partition coefficient (Wildman–Crippen LogP) is 4.80. The van der Waals surface area contributed by atoms with Crippen LogP contribution >= 0.6 is 0 Å². The highest BCUT2D eigenvalue weighted by molar-refractivity contribution is 5.95. The van der Waals surface area contributed by atoms with Gasteiger partial charge >= 0.3 is 0 Å². The second kappa shape index (κ2) is 5.97. The van der Waals surface area contributed by atoms with Gasteiger partial charge in [0.15, 0.2) is 0 Å². The lowest BCUT2D eigenvalue weighted by Gasteiger charge is -2.27. The summed E-state index contributed by atoms with van der Waals surface area (Å²) in [5.74, 6) is -0.494. The number of benzene rings is 2. The van der Waals surface area contributed by atoms with Crippen molar-refractivity contribution in [2.75, 3.05) is 6.54 Å². The molecule has 1 N–H and O–H groups in total. The van der Waals surface area contributed by atoms with E-state index in [0.717, 1.165) is 11.9 Å². The summed E-state index contributed by atoms with van der Waals surface area (Å²) in [5.41, 5.74) is 5.26. The first-order valence-electron chi connectivity index (χ1n) is 9.02. The van der Waals surface area contributed by atoms with Gasteiger partial charge in [-0.2, -0.15) is 0 Å². The highest BCUT2D eigenvalue weighted by Gasteiger charge is 2.26. The molecule has 0 bridgehead atoms. The zero-order chi connectivity index (χ0) is 18.5. The molecule has 1 aromatic heterocycles. The standard InChI is InChI=1S/C22H23FN2O/c1-22(2,3)15-7-8-19-17(12-15)18-13-25(10-9-20(18)24-19)21(26)14-5-4-6-16(23)11-14/h4-8,11-12,24H,9-10,13H2,1-3H3. The van der Waals surface area contributed by atoms with Gasteiger partial charge in [0, 0.05) is 47.2 Å². The lowest BCUT2D eigenvalue weighted by atomic mass is 9.86. The number of halogens is 1. The molecule has 1 aliphatic heterocycles. The Morgan fingerprint density at radius 2 is 1.96 bits per heavy atom. The minimum atomic E-state index is -0.379. The van der Waals surface area contributed by atoms with E-state index in [9.17, 15) is 9.18 Å². The topological polar surface area (TPSA) is 36.1 Å². The van der Waals surface area contributed by atoms with E-state index in [2.05, 4.69) is 44.0 Å². The van der Waals surface area contributed by atoms with Gasteiger partial charge in [0.1, 0.15) is 5.82 Å². The molecule has 134 valence electrons. The van der Waals surface area contributed by atoms with Gasteiger partial charge in [0.25, 0.3) is 5.91 Å². The summed E-state index contributed by atoms with van der Waals surface area (Å²) >= 11 is 0. The highest BCUT2D eigenvalue weighted by atomic mass is 19.1. The molecule has 1 aliphatic rings. The van der Waals surface area contributed by atoms with E-state index in [0.29, 0.717) is 18.7 Å². The fourth-order valence-electron chi connectivity index (χ4n) is 3.66. The quantitative estimate of drug-likeness (QED) is 0.672. The first-order chi connectivity index (χ1) is 12.3. The molecule has 0 aliphatic carbocycles. The number of nitrogens with one attached hydrogen (secondary N) is 1. The van der Waals surface area contributed by atoms with Crippen molar-refractivity contribution in [3.05, 3.63) is 70.7 Å². The third kappa shape index (κ3) is 2.90. The lowest BCUT2D eigenvalue weighted by molar-refractivity contribution is 0.0734. The maximum absolute atomic E-state index is 13.5. The van der Waals surface area contributed by atoms with Crippen LogP contribution in [0.15, 0.2) is 42.5 Å². The fourth-order valence-corrected chi connectivity index (χ4v) is 3.66. The average Bonchev–Trinajstić information content (AvgIpc) is 2.97. The normalized spacial score (nSPS) is 14.5. The molecular formula is C22H23FN2O. The van der Waals surface area contributed by atoms with Crippen LogP contribution in [0.25, 0.3) is 10.9 Å². The summed E-state index contributed by atoms with van der Waals surface area (Å²) in [7, 11) is 0. The molecule has 3 aromatic rings. The molecule has 0 unspecified atom stereocenters. The summed E-state index contributed by atoms with van der Waals surface area (Å²) in [6.07, 6.45) is 0.788. The van der Waals surface area contributed by atoms with Crippen molar-refractivity contribution in [2.45, 2.75) is 39.2 Å². The molecule has 2 aromatic carbocycles. The number of amides is 1. The minimum Gasteiger partial charge on any atom is -0.358 e. The van der Waals surface area contributed by atoms with Gasteiger partial charge in [0.2, 0.25) is 0 Å². The summed E-state index contributed by atoms with van der Waals surface area (Å²) in [4.78, 5) is 18.1. The number of carbonyl (C=O) groups is 1. The molecule has 0 spiro atoms. The van der Waals surface area contributed by atoms with Crippen molar-refractivity contribution in [3.8, 4) is 0 Å². The van der Waals surface area contributed by atoms with E-state index in [1.54, 1.807) is 12.1 Å². The van der Waals surface area contributed by atoms with Crippen LogP contribution in [0.3, 0.4) is 0 Å². The number of H-pyrrole nitrogens is 1. The van der Waals surface area contributed by atoms with E-state index < -0.39 is 0 Å². The van der Waals surface area contributed by atoms with E-state index in [-0.39, 0.29) is 17.1 Å². The van der Waals surface area contributed by atoms with Gasteiger partial charge in [-0.3, -0.25) is 4.79 Å². The summed E-state index contributed by atoms with van der Waals surface area (Å²) in [6.45, 7) is 7.80. The molecule has 1 amide bonds. The van der Waals surface area contributed by atoms with Crippen molar-refractivity contribution in [2.24, 2.45) is 0 Å². The van der Waals surface area contributed by atoms with Crippen molar-refractivity contribution in [1.82, 2.24) is 9.88 Å². The molecule has 0 saturated heterocycles. The van der Waals surface area contributed by atoms with Gasteiger partial charge in [0.05, 0.1) is 0 Å². The van der Waals surface area contributed by atoms with Crippen LogP contribution in [0, 0.1) is 5.82 Å². The Labute approximate surface area is 152 Å². The van der Waals surface area contributed by atoms with Crippen LogP contribution in [0.1, 0.15) is 48.0 Å². The number of hydrogen-bond acceptors (Lipinski definition) is 1.